The largest absolute Gasteiger partial charge is 0.457 e. The Morgan fingerprint density at radius 3 is 2.35 bits per heavy atom. The zero-order chi connectivity index (χ0) is 28.6. The molecule has 0 bridgehead atoms. The first-order valence-corrected chi connectivity index (χ1v) is 12.7. The maximum Gasteiger partial charge on any atom is 0.304 e. The number of anilines is 1. The van der Waals surface area contributed by atoms with Crippen molar-refractivity contribution < 1.29 is 32.7 Å². The first kappa shape index (κ1) is 26.7. The Labute approximate surface area is 230 Å². The molecule has 0 fully saturated rings. The number of carbonyl (C=O) groups excluding carboxylic acids is 3. The van der Waals surface area contributed by atoms with E-state index in [4.69, 9.17) is 13.9 Å². The number of benzene rings is 3. The number of hydrogen-bond donors (Lipinski definition) is 1. The monoisotopic (exact) mass is 545 g/mol. The van der Waals surface area contributed by atoms with Gasteiger partial charge in [0.2, 0.25) is 5.91 Å². The Kier molecular flexibility index (Phi) is 7.17. The van der Waals surface area contributed by atoms with Gasteiger partial charge >= 0.3 is 5.97 Å². The number of nitrogens with zero attached hydrogens (tertiary/aromatic N) is 2. The van der Waals surface area contributed by atoms with Crippen molar-refractivity contribution in [1.82, 2.24) is 10.2 Å². The molecule has 0 saturated heterocycles. The molecule has 0 saturated carbocycles. The van der Waals surface area contributed by atoms with E-state index in [0.717, 1.165) is 5.56 Å². The third-order valence-corrected chi connectivity index (χ3v) is 6.97. The summed E-state index contributed by atoms with van der Waals surface area (Å²) in [5.74, 6) is 0.101. The number of carbonyl (C=O) groups is 3. The van der Waals surface area contributed by atoms with E-state index in [1.165, 1.54) is 31.2 Å². The fourth-order valence-electron chi connectivity index (χ4n) is 4.69. The van der Waals surface area contributed by atoms with Gasteiger partial charge in [-0.1, -0.05) is 0 Å². The highest BCUT2D eigenvalue weighted by Crippen LogP contribution is 2.41. The molecular formula is C30H28FN3O6. The Hall–Kier alpha value is -4.86. The van der Waals surface area contributed by atoms with Crippen molar-refractivity contribution in [3.8, 4) is 22.8 Å². The van der Waals surface area contributed by atoms with Crippen molar-refractivity contribution in [3.63, 3.8) is 0 Å². The van der Waals surface area contributed by atoms with Gasteiger partial charge in [0, 0.05) is 43.7 Å². The number of likely N-dealkylation sites (N-methyl/N-ethyl adjacent to an activating group) is 1. The number of hydrogen-bond acceptors (Lipinski definition) is 7. The number of furan rings is 1. The van der Waals surface area contributed by atoms with Crippen LogP contribution in [0.5, 0.6) is 11.5 Å². The zero-order valence-electron chi connectivity index (χ0n) is 22.5. The Morgan fingerprint density at radius 2 is 1.73 bits per heavy atom. The van der Waals surface area contributed by atoms with Crippen LogP contribution in [0.3, 0.4) is 0 Å². The highest BCUT2D eigenvalue weighted by atomic mass is 19.1. The van der Waals surface area contributed by atoms with Crippen molar-refractivity contribution in [1.29, 1.82) is 0 Å². The topological polar surface area (TPSA) is 101 Å². The highest BCUT2D eigenvalue weighted by molar-refractivity contribution is 6.12. The molecule has 1 aliphatic rings. The van der Waals surface area contributed by atoms with Crippen LogP contribution in [0, 0.1) is 5.82 Å². The van der Waals surface area contributed by atoms with E-state index < -0.39 is 5.97 Å². The molecule has 0 spiro atoms. The molecule has 206 valence electrons. The summed E-state index contributed by atoms with van der Waals surface area (Å²) in [4.78, 5) is 40.8. The van der Waals surface area contributed by atoms with E-state index in [9.17, 15) is 18.8 Å². The van der Waals surface area contributed by atoms with Gasteiger partial charge in [0.05, 0.1) is 11.6 Å². The summed E-state index contributed by atoms with van der Waals surface area (Å²) < 4.78 is 30.5. The molecular weight excluding hydrogens is 517 g/mol. The smallest absolute Gasteiger partial charge is 0.304 e. The quantitative estimate of drug-likeness (QED) is 0.330. The van der Waals surface area contributed by atoms with Gasteiger partial charge in [-0.2, -0.15) is 0 Å². The van der Waals surface area contributed by atoms with Crippen molar-refractivity contribution in [2.24, 2.45) is 0 Å². The summed E-state index contributed by atoms with van der Waals surface area (Å²) in [6.45, 7) is 3.12. The van der Waals surface area contributed by atoms with E-state index in [1.54, 1.807) is 54.2 Å². The maximum atomic E-state index is 13.2. The second-order valence-electron chi connectivity index (χ2n) is 9.52. The molecule has 10 heteroatoms. The number of amides is 2. The van der Waals surface area contributed by atoms with Crippen molar-refractivity contribution >= 4 is 34.4 Å². The molecule has 1 atom stereocenters. The van der Waals surface area contributed by atoms with Crippen LogP contribution in [0.15, 0.2) is 65.1 Å². The van der Waals surface area contributed by atoms with Gasteiger partial charge in [-0.15, -0.1) is 0 Å². The molecule has 1 aliphatic heterocycles. The summed E-state index contributed by atoms with van der Waals surface area (Å²) in [5, 5.41) is 3.28. The van der Waals surface area contributed by atoms with Gasteiger partial charge < -0.3 is 29.0 Å². The van der Waals surface area contributed by atoms with Crippen LogP contribution in [0.2, 0.25) is 0 Å². The SMILES string of the molecule is CNC(=O)c1c(-c2ccc(Oc3ccc(F)cc3)cc2)oc2cc3c(cc12)[C@H](C)N(C)C(=O)CN3COC(C)=O. The predicted octanol–water partition coefficient (Wildman–Crippen LogP) is 5.25. The standard InChI is InChI=1S/C30H28FN3O6/c1-17-23-13-24-26(14-25(23)34(16-38-18(2)35)15-27(36)33(17)4)40-29(28(24)30(37)32-3)19-5-9-21(10-6-19)39-22-11-7-20(31)8-12-22/h5-14,17H,15-16H2,1-4H3,(H,32,37)/t17-/m0/s1. The van der Waals surface area contributed by atoms with Crippen LogP contribution in [0.4, 0.5) is 10.1 Å². The van der Waals surface area contributed by atoms with Crippen LogP contribution < -0.4 is 15.0 Å². The molecule has 3 aromatic carbocycles. The fourth-order valence-corrected chi connectivity index (χ4v) is 4.69. The van der Waals surface area contributed by atoms with E-state index in [-0.39, 0.29) is 36.9 Å². The molecule has 2 heterocycles. The third kappa shape index (κ3) is 5.07. The number of halogens is 1. The van der Waals surface area contributed by atoms with Gasteiger partial charge in [0.25, 0.3) is 5.91 Å². The second kappa shape index (κ2) is 10.7. The van der Waals surface area contributed by atoms with Gasteiger partial charge in [0.1, 0.15) is 35.2 Å². The van der Waals surface area contributed by atoms with Crippen LogP contribution in [-0.2, 0) is 14.3 Å². The lowest BCUT2D eigenvalue weighted by molar-refractivity contribution is -0.141. The fraction of sp³-hybridized carbons (Fsp3) is 0.233. The average Bonchev–Trinajstić information content (AvgIpc) is 3.29. The molecule has 0 unspecified atom stereocenters. The number of rotatable bonds is 6. The summed E-state index contributed by atoms with van der Waals surface area (Å²) >= 11 is 0. The minimum atomic E-state index is -0.463. The van der Waals surface area contributed by atoms with E-state index in [2.05, 4.69) is 5.32 Å². The summed E-state index contributed by atoms with van der Waals surface area (Å²) in [7, 11) is 3.26. The molecule has 0 radical (unpaired) electrons. The van der Waals surface area contributed by atoms with Crippen molar-refractivity contribution in [2.45, 2.75) is 19.9 Å². The molecule has 40 heavy (non-hydrogen) atoms. The van der Waals surface area contributed by atoms with Crippen LogP contribution in [-0.4, -0.2) is 50.1 Å². The summed E-state index contributed by atoms with van der Waals surface area (Å²) in [5.41, 5.74) is 2.90. The normalized spacial score (nSPS) is 15.0. The second-order valence-corrected chi connectivity index (χ2v) is 9.52. The first-order chi connectivity index (χ1) is 19.2. The van der Waals surface area contributed by atoms with Gasteiger partial charge in [-0.25, -0.2) is 4.39 Å². The Balaban J connectivity index is 1.59. The molecule has 4 aromatic rings. The average molecular weight is 546 g/mol. The van der Waals surface area contributed by atoms with Crippen LogP contribution in [0.1, 0.15) is 35.8 Å². The zero-order valence-corrected chi connectivity index (χ0v) is 22.5. The lowest BCUT2D eigenvalue weighted by atomic mass is 9.99. The number of fused-ring (bicyclic) bond motifs is 2. The Bertz CT molecular complexity index is 1600. The van der Waals surface area contributed by atoms with Crippen LogP contribution in [0.25, 0.3) is 22.3 Å². The minimum Gasteiger partial charge on any atom is -0.457 e. The van der Waals surface area contributed by atoms with Gasteiger partial charge in [-0.3, -0.25) is 14.4 Å². The van der Waals surface area contributed by atoms with E-state index >= 15 is 0 Å². The van der Waals surface area contributed by atoms with Crippen LogP contribution >= 0.6 is 0 Å². The number of nitrogens with one attached hydrogen (secondary N) is 1. The number of ether oxygens (including phenoxy) is 2. The third-order valence-electron chi connectivity index (χ3n) is 6.97. The molecule has 5 rings (SSSR count). The minimum absolute atomic E-state index is 0.0119. The Morgan fingerprint density at radius 1 is 1.07 bits per heavy atom. The summed E-state index contributed by atoms with van der Waals surface area (Å²) in [6.07, 6.45) is 0. The number of esters is 1. The van der Waals surface area contributed by atoms with Gasteiger partial charge in [-0.05, 0) is 67.1 Å². The lowest BCUT2D eigenvalue weighted by Crippen LogP contribution is -2.37. The van der Waals surface area contributed by atoms with E-state index in [1.807, 2.05) is 13.0 Å². The molecule has 1 aromatic heterocycles. The molecule has 2 amide bonds. The lowest BCUT2D eigenvalue weighted by Gasteiger charge is -2.23. The predicted molar refractivity (Wildman–Crippen MR) is 147 cm³/mol. The van der Waals surface area contributed by atoms with E-state index in [0.29, 0.717) is 45.0 Å². The molecule has 1 N–H and O–H groups in total. The van der Waals surface area contributed by atoms with Gasteiger partial charge in [0.15, 0.2) is 6.73 Å². The van der Waals surface area contributed by atoms with Crippen molar-refractivity contribution in [2.75, 3.05) is 32.3 Å². The molecule has 9 nitrogen and oxygen atoms in total. The summed E-state index contributed by atoms with van der Waals surface area (Å²) in [6, 6.07) is 16.0. The maximum absolute atomic E-state index is 13.2. The first-order valence-electron chi connectivity index (χ1n) is 12.7. The molecule has 0 aliphatic carbocycles. The van der Waals surface area contributed by atoms with Crippen molar-refractivity contribution in [3.05, 3.63) is 77.6 Å². The highest BCUT2D eigenvalue weighted by Gasteiger charge is 2.32.